The van der Waals surface area contributed by atoms with Gasteiger partial charge in [-0.3, -0.25) is 0 Å². The molecule has 6 heteroatoms. The van der Waals surface area contributed by atoms with Crippen LogP contribution >= 0.6 is 0 Å². The summed E-state index contributed by atoms with van der Waals surface area (Å²) < 4.78 is 10.1. The fraction of sp³-hybridized carbons (Fsp3) is 0.600. The summed E-state index contributed by atoms with van der Waals surface area (Å²) in [5.41, 5.74) is 5.54. The summed E-state index contributed by atoms with van der Waals surface area (Å²) in [4.78, 5) is 10.4. The van der Waals surface area contributed by atoms with Gasteiger partial charge >= 0.3 is 0 Å². The molecule has 0 unspecified atom stereocenters. The van der Waals surface area contributed by atoms with Crippen LogP contribution in [0, 0.1) is 0 Å². The lowest BCUT2D eigenvalue weighted by Gasteiger charge is -2.21. The molecule has 1 aromatic heterocycles. The van der Waals surface area contributed by atoms with E-state index in [4.69, 9.17) is 15.2 Å². The van der Waals surface area contributed by atoms with E-state index >= 15 is 0 Å². The molecule has 1 heterocycles. The van der Waals surface area contributed by atoms with Crippen molar-refractivity contribution >= 4 is 5.95 Å². The van der Waals surface area contributed by atoms with Gasteiger partial charge in [-0.2, -0.15) is 4.98 Å². The van der Waals surface area contributed by atoms with E-state index in [1.165, 1.54) is 0 Å². The van der Waals surface area contributed by atoms with Crippen LogP contribution in [0.4, 0.5) is 5.95 Å². The van der Waals surface area contributed by atoms with E-state index in [2.05, 4.69) is 9.97 Å². The van der Waals surface area contributed by atoms with Crippen LogP contribution in [0.25, 0.3) is 0 Å². The van der Waals surface area contributed by atoms with Crippen LogP contribution < -0.4 is 15.4 Å². The van der Waals surface area contributed by atoms with Crippen molar-refractivity contribution in [3.05, 3.63) is 12.3 Å². The highest BCUT2D eigenvalue weighted by molar-refractivity contribution is 5.31. The number of hydrogen-bond acceptors (Lipinski definition) is 6. The van der Waals surface area contributed by atoms with Crippen LogP contribution in [0.15, 0.2) is 12.3 Å². The second-order valence-electron chi connectivity index (χ2n) is 3.17. The number of rotatable bonds is 7. The zero-order valence-electron chi connectivity index (χ0n) is 9.72. The fourth-order valence-corrected chi connectivity index (χ4v) is 1.27. The molecule has 2 N–H and O–H groups in total. The van der Waals surface area contributed by atoms with Crippen molar-refractivity contribution in [2.45, 2.75) is 0 Å². The summed E-state index contributed by atoms with van der Waals surface area (Å²) in [5.74, 6) is 1.16. The molecule has 90 valence electrons. The maximum absolute atomic E-state index is 5.54. The Bertz CT molecular complexity index is 309. The predicted molar refractivity (Wildman–Crippen MR) is 61.7 cm³/mol. The van der Waals surface area contributed by atoms with E-state index in [0.717, 1.165) is 0 Å². The molecule has 1 rings (SSSR count). The van der Waals surface area contributed by atoms with Gasteiger partial charge in [0.2, 0.25) is 11.8 Å². The Morgan fingerprint density at radius 3 is 2.81 bits per heavy atom. The second kappa shape index (κ2) is 6.97. The molecule has 0 aromatic carbocycles. The Morgan fingerprint density at radius 2 is 2.19 bits per heavy atom. The van der Waals surface area contributed by atoms with Crippen LogP contribution in [0.1, 0.15) is 0 Å². The van der Waals surface area contributed by atoms with Crippen molar-refractivity contribution in [3.63, 3.8) is 0 Å². The Labute approximate surface area is 95.4 Å². The number of anilines is 1. The average molecular weight is 226 g/mol. The highest BCUT2D eigenvalue weighted by Gasteiger charge is 2.09. The molecule has 0 spiro atoms. The normalized spacial score (nSPS) is 10.2. The molecule has 0 aliphatic rings. The molecule has 0 aliphatic carbocycles. The highest BCUT2D eigenvalue weighted by Crippen LogP contribution is 2.11. The topological polar surface area (TPSA) is 73.5 Å². The Balaban J connectivity index is 2.73. The monoisotopic (exact) mass is 226 g/mol. The minimum absolute atomic E-state index is 0.546. The molecule has 0 saturated carbocycles. The molecular formula is C10H18N4O2. The van der Waals surface area contributed by atoms with Crippen molar-refractivity contribution in [1.82, 2.24) is 9.97 Å². The van der Waals surface area contributed by atoms with Gasteiger partial charge in [0.1, 0.15) is 0 Å². The minimum atomic E-state index is 0.546. The average Bonchev–Trinajstić information content (AvgIpc) is 2.34. The van der Waals surface area contributed by atoms with E-state index in [0.29, 0.717) is 38.1 Å². The van der Waals surface area contributed by atoms with Gasteiger partial charge in [-0.25, -0.2) is 4.98 Å². The summed E-state index contributed by atoms with van der Waals surface area (Å²) in [6.45, 7) is 2.56. The fourth-order valence-electron chi connectivity index (χ4n) is 1.27. The first-order valence-corrected chi connectivity index (χ1v) is 5.12. The second-order valence-corrected chi connectivity index (χ2v) is 3.17. The number of hydrogen-bond donors (Lipinski definition) is 1. The largest absolute Gasteiger partial charge is 0.481 e. The number of ether oxygens (including phenoxy) is 2. The Hall–Kier alpha value is -1.40. The van der Waals surface area contributed by atoms with E-state index in [9.17, 15) is 0 Å². The van der Waals surface area contributed by atoms with Gasteiger partial charge in [-0.15, -0.1) is 0 Å². The van der Waals surface area contributed by atoms with Crippen molar-refractivity contribution in [2.75, 3.05) is 45.4 Å². The van der Waals surface area contributed by atoms with Gasteiger partial charge in [0, 0.05) is 39.0 Å². The van der Waals surface area contributed by atoms with Crippen molar-refractivity contribution in [2.24, 2.45) is 5.73 Å². The van der Waals surface area contributed by atoms with Crippen molar-refractivity contribution < 1.29 is 9.47 Å². The van der Waals surface area contributed by atoms with Gasteiger partial charge in [-0.05, 0) is 0 Å². The van der Waals surface area contributed by atoms with Gasteiger partial charge in [-0.1, -0.05) is 0 Å². The van der Waals surface area contributed by atoms with Crippen LogP contribution in [0.2, 0.25) is 0 Å². The lowest BCUT2D eigenvalue weighted by atomic mass is 10.5. The summed E-state index contributed by atoms with van der Waals surface area (Å²) in [6.07, 6.45) is 1.66. The third-order valence-corrected chi connectivity index (χ3v) is 2.07. The number of methoxy groups -OCH3 is 2. The Kier molecular flexibility index (Phi) is 5.52. The van der Waals surface area contributed by atoms with E-state index in [-0.39, 0.29) is 0 Å². The summed E-state index contributed by atoms with van der Waals surface area (Å²) in [6, 6.07) is 1.71. The molecule has 1 aromatic rings. The highest BCUT2D eigenvalue weighted by atomic mass is 16.5. The minimum Gasteiger partial charge on any atom is -0.481 e. The predicted octanol–water partition coefficient (Wildman–Crippen LogP) is -0.103. The number of nitrogens with zero attached hydrogens (tertiary/aromatic N) is 3. The molecule has 0 aliphatic heterocycles. The molecular weight excluding hydrogens is 208 g/mol. The lowest BCUT2D eigenvalue weighted by molar-refractivity contribution is 0.205. The van der Waals surface area contributed by atoms with Crippen LogP contribution in [-0.2, 0) is 4.74 Å². The van der Waals surface area contributed by atoms with Crippen LogP contribution in [0.5, 0.6) is 5.88 Å². The SMILES string of the molecule is COCCN(CCN)c1nccc(OC)n1. The molecule has 0 radical (unpaired) electrons. The summed E-state index contributed by atoms with van der Waals surface area (Å²) in [7, 11) is 3.24. The van der Waals surface area contributed by atoms with E-state index in [1.807, 2.05) is 4.90 Å². The van der Waals surface area contributed by atoms with Gasteiger partial charge in [0.25, 0.3) is 0 Å². The summed E-state index contributed by atoms with van der Waals surface area (Å²) >= 11 is 0. The zero-order valence-corrected chi connectivity index (χ0v) is 9.72. The first-order valence-electron chi connectivity index (χ1n) is 5.12. The molecule has 0 atom stereocenters. The molecule has 0 fully saturated rings. The van der Waals surface area contributed by atoms with Crippen LogP contribution in [0.3, 0.4) is 0 Å². The van der Waals surface area contributed by atoms with Crippen molar-refractivity contribution in [3.8, 4) is 5.88 Å². The third-order valence-electron chi connectivity index (χ3n) is 2.07. The van der Waals surface area contributed by atoms with E-state index < -0.39 is 0 Å². The third kappa shape index (κ3) is 3.63. The molecule has 16 heavy (non-hydrogen) atoms. The first kappa shape index (κ1) is 12.7. The molecule has 0 saturated heterocycles. The zero-order chi connectivity index (χ0) is 11.8. The van der Waals surface area contributed by atoms with Gasteiger partial charge in [0.15, 0.2) is 0 Å². The Morgan fingerprint density at radius 1 is 1.38 bits per heavy atom. The summed E-state index contributed by atoms with van der Waals surface area (Å²) in [5, 5.41) is 0. The quantitative estimate of drug-likeness (QED) is 0.699. The first-order chi connectivity index (χ1) is 7.81. The molecule has 0 bridgehead atoms. The van der Waals surface area contributed by atoms with Crippen molar-refractivity contribution in [1.29, 1.82) is 0 Å². The molecule has 0 amide bonds. The van der Waals surface area contributed by atoms with Gasteiger partial charge in [0.05, 0.1) is 13.7 Å². The maximum Gasteiger partial charge on any atom is 0.228 e. The van der Waals surface area contributed by atoms with Crippen LogP contribution in [-0.4, -0.2) is 50.4 Å². The number of aromatic nitrogens is 2. The molecule has 6 nitrogen and oxygen atoms in total. The standard InChI is InChI=1S/C10H18N4O2/c1-15-8-7-14(6-4-11)10-12-5-3-9(13-10)16-2/h3,5H,4,6-8,11H2,1-2H3. The number of nitrogens with two attached hydrogens (primary N) is 1. The maximum atomic E-state index is 5.54. The lowest BCUT2D eigenvalue weighted by Crippen LogP contribution is -2.33. The van der Waals surface area contributed by atoms with E-state index in [1.54, 1.807) is 26.5 Å². The van der Waals surface area contributed by atoms with Gasteiger partial charge < -0.3 is 20.1 Å². The smallest absolute Gasteiger partial charge is 0.228 e.